The van der Waals surface area contributed by atoms with Gasteiger partial charge in [0.15, 0.2) is 0 Å². The summed E-state index contributed by atoms with van der Waals surface area (Å²) in [7, 11) is 0. The molecule has 8 heavy (non-hydrogen) atoms. The van der Waals surface area contributed by atoms with Gasteiger partial charge in [0.05, 0.1) is 6.10 Å². The smallest absolute Gasteiger partial charge is 0.0952 e. The first-order chi connectivity index (χ1) is 3.68. The monoisotopic (exact) mass is 115 g/mol. The zero-order chi connectivity index (χ0) is 6.57. The van der Waals surface area contributed by atoms with Crippen LogP contribution in [0.1, 0.15) is 33.6 Å². The Morgan fingerprint density at radius 2 is 1.88 bits per heavy atom. The second-order valence-corrected chi connectivity index (χ2v) is 2.57. The average Bonchev–Trinajstić information content (AvgIpc) is 1.67. The van der Waals surface area contributed by atoms with E-state index in [1.165, 1.54) is 0 Å². The Kier molecular flexibility index (Phi) is 3.88. The van der Waals surface area contributed by atoms with Crippen molar-refractivity contribution in [3.05, 3.63) is 0 Å². The van der Waals surface area contributed by atoms with Gasteiger partial charge < -0.3 is 0 Å². The fraction of sp³-hybridized carbons (Fsp3) is 1.00. The third kappa shape index (κ3) is 3.03. The molecule has 0 aliphatic rings. The van der Waals surface area contributed by atoms with E-state index in [4.69, 9.17) is 0 Å². The number of hydrogen-bond donors (Lipinski definition) is 0. The summed E-state index contributed by atoms with van der Waals surface area (Å²) in [5.41, 5.74) is 0. The Morgan fingerprint density at radius 3 is 2.00 bits per heavy atom. The second kappa shape index (κ2) is 3.90. The Bertz CT molecular complexity index is 50.3. The highest BCUT2D eigenvalue weighted by atomic mass is 16.3. The van der Waals surface area contributed by atoms with Crippen LogP contribution in [0.3, 0.4) is 0 Å². The zero-order valence-electron chi connectivity index (χ0n) is 5.98. The Hall–Kier alpha value is -0.0400. The molecule has 0 aliphatic heterocycles. The summed E-state index contributed by atoms with van der Waals surface area (Å²) in [6.45, 7) is 6.01. The molecule has 0 aromatic rings. The van der Waals surface area contributed by atoms with Crippen LogP contribution in [0.4, 0.5) is 0 Å². The van der Waals surface area contributed by atoms with Gasteiger partial charge in [-0.25, -0.2) is 5.11 Å². The van der Waals surface area contributed by atoms with Crippen LogP contribution in [0.15, 0.2) is 0 Å². The molecular weight excluding hydrogens is 100 g/mol. The van der Waals surface area contributed by atoms with Crippen molar-refractivity contribution in [3.63, 3.8) is 0 Å². The van der Waals surface area contributed by atoms with Gasteiger partial charge in [-0.2, -0.15) is 0 Å². The lowest BCUT2D eigenvalue weighted by Crippen LogP contribution is -2.11. The highest BCUT2D eigenvalue weighted by Gasteiger charge is 2.07. The molecule has 1 nitrogen and oxygen atoms in total. The fourth-order valence-electron chi connectivity index (χ4n) is 0.618. The van der Waals surface area contributed by atoms with Crippen LogP contribution in [0.2, 0.25) is 0 Å². The van der Waals surface area contributed by atoms with Crippen LogP contribution in [0.5, 0.6) is 0 Å². The molecule has 1 radical (unpaired) electrons. The topological polar surface area (TPSA) is 19.9 Å². The summed E-state index contributed by atoms with van der Waals surface area (Å²) in [5.74, 6) is 0.315. The zero-order valence-corrected chi connectivity index (χ0v) is 5.98. The first-order valence-corrected chi connectivity index (χ1v) is 3.34. The summed E-state index contributed by atoms with van der Waals surface area (Å²) in [6.07, 6.45) is 1.52. The summed E-state index contributed by atoms with van der Waals surface area (Å²) in [6, 6.07) is 0. The normalized spacial score (nSPS) is 14.6. The molecule has 0 aliphatic carbocycles. The van der Waals surface area contributed by atoms with E-state index in [2.05, 4.69) is 0 Å². The van der Waals surface area contributed by atoms with Crippen molar-refractivity contribution < 1.29 is 5.11 Å². The van der Waals surface area contributed by atoms with Gasteiger partial charge in [0.2, 0.25) is 0 Å². The van der Waals surface area contributed by atoms with Crippen LogP contribution in [-0.4, -0.2) is 6.10 Å². The van der Waals surface area contributed by atoms with E-state index in [9.17, 15) is 5.11 Å². The number of rotatable bonds is 3. The highest BCUT2D eigenvalue weighted by Crippen LogP contribution is 2.07. The van der Waals surface area contributed by atoms with E-state index in [1.807, 2.05) is 20.8 Å². The Morgan fingerprint density at radius 1 is 1.38 bits per heavy atom. The van der Waals surface area contributed by atoms with Gasteiger partial charge >= 0.3 is 0 Å². The van der Waals surface area contributed by atoms with E-state index in [-0.39, 0.29) is 6.10 Å². The summed E-state index contributed by atoms with van der Waals surface area (Å²) in [4.78, 5) is 0. The third-order valence-electron chi connectivity index (χ3n) is 1.32. The maximum absolute atomic E-state index is 10.8. The van der Waals surface area contributed by atoms with Crippen molar-refractivity contribution in [1.29, 1.82) is 0 Å². The fourth-order valence-corrected chi connectivity index (χ4v) is 0.618. The molecule has 0 rings (SSSR count). The molecule has 49 valence electrons. The first-order valence-electron chi connectivity index (χ1n) is 3.34. The highest BCUT2D eigenvalue weighted by molar-refractivity contribution is 4.56. The molecule has 0 spiro atoms. The van der Waals surface area contributed by atoms with E-state index < -0.39 is 0 Å². The molecule has 0 aromatic heterocycles. The van der Waals surface area contributed by atoms with Crippen molar-refractivity contribution >= 4 is 0 Å². The van der Waals surface area contributed by atoms with E-state index >= 15 is 0 Å². The van der Waals surface area contributed by atoms with Crippen molar-refractivity contribution in [3.8, 4) is 0 Å². The van der Waals surface area contributed by atoms with E-state index in [1.54, 1.807) is 0 Å². The Balaban J connectivity index is 3.17. The van der Waals surface area contributed by atoms with Crippen molar-refractivity contribution in [2.75, 3.05) is 0 Å². The van der Waals surface area contributed by atoms with Crippen molar-refractivity contribution in [1.82, 2.24) is 0 Å². The molecular formula is C7H15O. The second-order valence-electron chi connectivity index (χ2n) is 2.57. The summed E-state index contributed by atoms with van der Waals surface area (Å²) >= 11 is 0. The maximum Gasteiger partial charge on any atom is 0.0952 e. The van der Waals surface area contributed by atoms with Gasteiger partial charge in [0, 0.05) is 0 Å². The quantitative estimate of drug-likeness (QED) is 0.537. The molecule has 1 unspecified atom stereocenters. The van der Waals surface area contributed by atoms with Crippen LogP contribution in [-0.2, 0) is 5.11 Å². The maximum atomic E-state index is 10.8. The van der Waals surface area contributed by atoms with Crippen LogP contribution in [0.25, 0.3) is 0 Å². The molecule has 0 N–H and O–H groups in total. The van der Waals surface area contributed by atoms with Gasteiger partial charge in [-0.05, 0) is 12.3 Å². The number of hydrogen-bond acceptors (Lipinski definition) is 0. The van der Waals surface area contributed by atoms with E-state index in [0.29, 0.717) is 5.92 Å². The van der Waals surface area contributed by atoms with Crippen molar-refractivity contribution in [2.45, 2.75) is 39.7 Å². The molecule has 1 heteroatoms. The molecule has 0 heterocycles. The van der Waals surface area contributed by atoms with Crippen LogP contribution >= 0.6 is 0 Å². The minimum atomic E-state index is -0.333. The molecule has 0 fully saturated rings. The van der Waals surface area contributed by atoms with Crippen LogP contribution < -0.4 is 0 Å². The first kappa shape index (κ1) is 7.96. The Labute approximate surface area is 51.7 Å². The van der Waals surface area contributed by atoms with Crippen molar-refractivity contribution in [2.24, 2.45) is 5.92 Å². The van der Waals surface area contributed by atoms with Gasteiger partial charge in [-0.15, -0.1) is 0 Å². The largest absolute Gasteiger partial charge is 0.233 e. The third-order valence-corrected chi connectivity index (χ3v) is 1.32. The lowest BCUT2D eigenvalue weighted by Gasteiger charge is -2.08. The molecule has 0 bridgehead atoms. The molecule has 0 saturated carbocycles. The lowest BCUT2D eigenvalue weighted by molar-refractivity contribution is 0.0421. The predicted molar refractivity (Wildman–Crippen MR) is 34.2 cm³/mol. The molecule has 1 atom stereocenters. The van der Waals surface area contributed by atoms with E-state index in [0.717, 1.165) is 12.8 Å². The van der Waals surface area contributed by atoms with Crippen LogP contribution in [0, 0.1) is 5.92 Å². The molecule has 0 aromatic carbocycles. The molecule has 0 amide bonds. The lowest BCUT2D eigenvalue weighted by atomic mass is 10.0. The minimum Gasteiger partial charge on any atom is -0.233 e. The standard InChI is InChI=1S/C7H15O/c1-4-5-7(8)6(2)3/h6-7H,4-5H2,1-3H3. The minimum absolute atomic E-state index is 0.315. The molecule has 0 saturated heterocycles. The van der Waals surface area contributed by atoms with Gasteiger partial charge in [-0.3, -0.25) is 0 Å². The van der Waals surface area contributed by atoms with Gasteiger partial charge in [-0.1, -0.05) is 27.2 Å². The van der Waals surface area contributed by atoms with Gasteiger partial charge in [0.1, 0.15) is 0 Å². The predicted octanol–water partition coefficient (Wildman–Crippen LogP) is 2.24. The summed E-state index contributed by atoms with van der Waals surface area (Å²) < 4.78 is 0. The average molecular weight is 115 g/mol. The van der Waals surface area contributed by atoms with Gasteiger partial charge in [0.25, 0.3) is 0 Å². The summed E-state index contributed by atoms with van der Waals surface area (Å²) in [5, 5.41) is 10.8. The SMILES string of the molecule is CCCC([O])C(C)C.